The van der Waals surface area contributed by atoms with Crippen molar-refractivity contribution in [3.05, 3.63) is 47.9 Å². The molecule has 4 heterocycles. The van der Waals surface area contributed by atoms with Gasteiger partial charge in [0.25, 0.3) is 0 Å². The van der Waals surface area contributed by atoms with Gasteiger partial charge < -0.3 is 14.5 Å². The largest absolute Gasteiger partial charge is 0.492 e. The summed E-state index contributed by atoms with van der Waals surface area (Å²) < 4.78 is 50.8. The fraction of sp³-hybridized carbons (Fsp3) is 0.381. The van der Waals surface area contributed by atoms with Gasteiger partial charge in [0.2, 0.25) is 0 Å². The van der Waals surface area contributed by atoms with Crippen molar-refractivity contribution in [2.24, 2.45) is 4.99 Å². The zero-order valence-electron chi connectivity index (χ0n) is 16.5. The van der Waals surface area contributed by atoms with E-state index in [0.29, 0.717) is 19.8 Å². The lowest BCUT2D eigenvalue weighted by molar-refractivity contribution is -0.140. The minimum Gasteiger partial charge on any atom is -0.492 e. The summed E-state index contributed by atoms with van der Waals surface area (Å²) >= 11 is 0. The van der Waals surface area contributed by atoms with Gasteiger partial charge in [-0.05, 0) is 12.1 Å². The zero-order valence-corrected chi connectivity index (χ0v) is 16.5. The summed E-state index contributed by atoms with van der Waals surface area (Å²) in [4.78, 5) is 17.2. The van der Waals surface area contributed by atoms with Crippen LogP contribution in [0.4, 0.5) is 19.0 Å². The first-order valence-electron chi connectivity index (χ1n) is 9.99. The number of benzene rings is 1. The standard InChI is InChI=1S/C21H20F3N5O2/c22-21(23,24)18-9-14-19(26-12-27-20(14)28-18)25-10-15-13-3-1-2-4-17(13)31-11-16(15)29-5-7-30-8-6-29/h1-4,9-10,12,15-16H,5-8,11H2,(H,26,27,28)/t15?,16-/m0/s1. The SMILES string of the molecule is FC(F)(F)c1cc2c(N=CC3c4ccccc4OC[C@@H]3N3CCOCC3)ncnc2[nH]1. The number of fused-ring (bicyclic) bond motifs is 2. The minimum absolute atomic E-state index is 0.0387. The molecule has 0 saturated carbocycles. The van der Waals surface area contributed by atoms with Crippen molar-refractivity contribution in [1.29, 1.82) is 0 Å². The van der Waals surface area contributed by atoms with Gasteiger partial charge in [-0.15, -0.1) is 0 Å². The van der Waals surface area contributed by atoms with Crippen LogP contribution in [0.5, 0.6) is 5.75 Å². The monoisotopic (exact) mass is 431 g/mol. The molecule has 7 nitrogen and oxygen atoms in total. The number of nitrogens with one attached hydrogen (secondary N) is 1. The van der Waals surface area contributed by atoms with Crippen LogP contribution < -0.4 is 4.74 Å². The second-order valence-electron chi connectivity index (χ2n) is 7.51. The Morgan fingerprint density at radius 1 is 1.16 bits per heavy atom. The lowest BCUT2D eigenvalue weighted by Crippen LogP contribution is -2.50. The molecule has 162 valence electrons. The topological polar surface area (TPSA) is 75.6 Å². The first-order valence-corrected chi connectivity index (χ1v) is 9.99. The van der Waals surface area contributed by atoms with Gasteiger partial charge in [0.15, 0.2) is 5.82 Å². The highest BCUT2D eigenvalue weighted by Crippen LogP contribution is 2.36. The van der Waals surface area contributed by atoms with E-state index in [4.69, 9.17) is 9.47 Å². The van der Waals surface area contributed by atoms with Crippen LogP contribution in [0.2, 0.25) is 0 Å². The van der Waals surface area contributed by atoms with E-state index in [1.807, 2.05) is 24.3 Å². The first-order chi connectivity index (χ1) is 15.0. The first kappa shape index (κ1) is 20.0. The van der Waals surface area contributed by atoms with Gasteiger partial charge in [-0.3, -0.25) is 4.90 Å². The third-order valence-electron chi connectivity index (χ3n) is 5.68. The molecule has 1 N–H and O–H groups in total. The highest BCUT2D eigenvalue weighted by Gasteiger charge is 2.35. The minimum atomic E-state index is -4.50. The molecule has 1 saturated heterocycles. The molecule has 1 fully saturated rings. The summed E-state index contributed by atoms with van der Waals surface area (Å²) in [6.07, 6.45) is -1.52. The third kappa shape index (κ3) is 3.88. The van der Waals surface area contributed by atoms with Gasteiger partial charge in [0.1, 0.15) is 30.0 Å². The molecule has 1 aromatic carbocycles. The lowest BCUT2D eigenvalue weighted by atomic mass is 9.88. The van der Waals surface area contributed by atoms with E-state index in [1.54, 1.807) is 6.21 Å². The van der Waals surface area contributed by atoms with E-state index in [9.17, 15) is 13.2 Å². The summed E-state index contributed by atoms with van der Waals surface area (Å²) in [7, 11) is 0. The second-order valence-corrected chi connectivity index (χ2v) is 7.51. The smallest absolute Gasteiger partial charge is 0.431 e. The number of para-hydroxylation sites is 1. The van der Waals surface area contributed by atoms with Crippen LogP contribution in [-0.2, 0) is 10.9 Å². The molecule has 0 bridgehead atoms. The van der Waals surface area contributed by atoms with Crippen LogP contribution in [0, 0.1) is 0 Å². The van der Waals surface area contributed by atoms with E-state index in [0.717, 1.165) is 30.5 Å². The van der Waals surface area contributed by atoms with E-state index in [-0.39, 0.29) is 28.8 Å². The molecule has 3 aromatic rings. The Labute approximate surface area is 175 Å². The van der Waals surface area contributed by atoms with E-state index >= 15 is 0 Å². The Hall–Kier alpha value is -2.98. The summed E-state index contributed by atoms with van der Waals surface area (Å²) in [6, 6.07) is 8.79. The van der Waals surface area contributed by atoms with Crippen LogP contribution in [0.1, 0.15) is 17.2 Å². The summed E-state index contributed by atoms with van der Waals surface area (Å²) in [5, 5.41) is 0.231. The number of ether oxygens (including phenoxy) is 2. The number of hydrogen-bond donors (Lipinski definition) is 1. The van der Waals surface area contributed by atoms with Crippen LogP contribution in [0.15, 0.2) is 41.7 Å². The number of hydrogen-bond acceptors (Lipinski definition) is 6. The molecule has 2 aliphatic rings. The molecule has 2 aliphatic heterocycles. The molecule has 0 spiro atoms. The average Bonchev–Trinajstić information content (AvgIpc) is 3.24. The average molecular weight is 431 g/mol. The Morgan fingerprint density at radius 3 is 2.77 bits per heavy atom. The van der Waals surface area contributed by atoms with Crippen LogP contribution in [-0.4, -0.2) is 65.0 Å². The summed E-state index contributed by atoms with van der Waals surface area (Å²) in [5.74, 6) is 0.882. The number of rotatable bonds is 3. The molecule has 5 rings (SSSR count). The van der Waals surface area contributed by atoms with Crippen LogP contribution >= 0.6 is 0 Å². The normalized spacial score (nSPS) is 22.5. The van der Waals surface area contributed by atoms with Gasteiger partial charge in [0, 0.05) is 30.8 Å². The number of aromatic amines is 1. The van der Waals surface area contributed by atoms with Crippen LogP contribution in [0.3, 0.4) is 0 Å². The van der Waals surface area contributed by atoms with Crippen molar-refractivity contribution in [3.8, 4) is 5.75 Å². The molecule has 2 atom stereocenters. The highest BCUT2D eigenvalue weighted by molar-refractivity contribution is 5.88. The maximum atomic E-state index is 13.1. The quantitative estimate of drug-likeness (QED) is 0.642. The van der Waals surface area contributed by atoms with Gasteiger partial charge in [-0.25, -0.2) is 15.0 Å². The Balaban J connectivity index is 1.52. The molecule has 2 aromatic heterocycles. The summed E-state index contributed by atoms with van der Waals surface area (Å²) in [5.41, 5.74) is 0.220. The Morgan fingerprint density at radius 2 is 1.97 bits per heavy atom. The van der Waals surface area contributed by atoms with Crippen molar-refractivity contribution in [3.63, 3.8) is 0 Å². The molecular weight excluding hydrogens is 411 g/mol. The maximum Gasteiger partial charge on any atom is 0.431 e. The number of nitrogens with zero attached hydrogens (tertiary/aromatic N) is 4. The van der Waals surface area contributed by atoms with Crippen molar-refractivity contribution in [1.82, 2.24) is 19.9 Å². The fourth-order valence-electron chi connectivity index (χ4n) is 4.13. The maximum absolute atomic E-state index is 13.1. The molecular formula is C21H20F3N5O2. The number of alkyl halides is 3. The van der Waals surface area contributed by atoms with Gasteiger partial charge in [-0.1, -0.05) is 18.2 Å². The predicted molar refractivity (Wildman–Crippen MR) is 108 cm³/mol. The zero-order chi connectivity index (χ0) is 21.4. The Kier molecular flexibility index (Phi) is 5.11. The number of aliphatic imine (C=N–C) groups is 1. The van der Waals surface area contributed by atoms with Gasteiger partial charge in [-0.2, -0.15) is 13.2 Å². The van der Waals surface area contributed by atoms with E-state index in [1.165, 1.54) is 6.33 Å². The van der Waals surface area contributed by atoms with Crippen LogP contribution in [0.25, 0.3) is 11.0 Å². The predicted octanol–water partition coefficient (Wildman–Crippen LogP) is 3.56. The number of halogens is 3. The van der Waals surface area contributed by atoms with Crippen molar-refractivity contribution in [2.75, 3.05) is 32.9 Å². The molecule has 1 unspecified atom stereocenters. The molecule has 0 aliphatic carbocycles. The second kappa shape index (κ2) is 7.93. The van der Waals surface area contributed by atoms with Crippen molar-refractivity contribution < 1.29 is 22.6 Å². The number of aromatic nitrogens is 3. The van der Waals surface area contributed by atoms with E-state index < -0.39 is 11.9 Å². The number of H-pyrrole nitrogens is 1. The third-order valence-corrected chi connectivity index (χ3v) is 5.68. The fourth-order valence-corrected chi connectivity index (χ4v) is 4.13. The van der Waals surface area contributed by atoms with Crippen molar-refractivity contribution in [2.45, 2.75) is 18.1 Å². The number of morpholine rings is 1. The van der Waals surface area contributed by atoms with Gasteiger partial charge >= 0.3 is 6.18 Å². The summed E-state index contributed by atoms with van der Waals surface area (Å²) in [6.45, 7) is 3.36. The Bertz CT molecular complexity index is 1110. The van der Waals surface area contributed by atoms with Crippen molar-refractivity contribution >= 4 is 23.1 Å². The molecule has 31 heavy (non-hydrogen) atoms. The highest BCUT2D eigenvalue weighted by atomic mass is 19.4. The van der Waals surface area contributed by atoms with Gasteiger partial charge in [0.05, 0.1) is 24.6 Å². The molecule has 0 amide bonds. The molecule has 0 radical (unpaired) electrons. The molecule has 10 heteroatoms. The van der Waals surface area contributed by atoms with E-state index in [2.05, 4.69) is 24.8 Å². The lowest BCUT2D eigenvalue weighted by Gasteiger charge is -2.40.